The number of benzene rings is 2. The number of H-pyrrole nitrogens is 1. The van der Waals surface area contributed by atoms with E-state index >= 15 is 0 Å². The number of aliphatic hydroxyl groups excluding tert-OH is 1. The number of aromatic amines is 1. The van der Waals surface area contributed by atoms with Gasteiger partial charge >= 0.3 is 0 Å². The summed E-state index contributed by atoms with van der Waals surface area (Å²) < 4.78 is 1.66. The molecule has 1 unspecified atom stereocenters. The number of fused-ring (bicyclic) bond motifs is 2. The van der Waals surface area contributed by atoms with Gasteiger partial charge in [-0.2, -0.15) is 5.26 Å². The van der Waals surface area contributed by atoms with E-state index in [1.807, 2.05) is 56.3 Å². The number of aromatic nitrogens is 4. The van der Waals surface area contributed by atoms with E-state index in [2.05, 4.69) is 15.0 Å². The van der Waals surface area contributed by atoms with E-state index in [0.717, 1.165) is 11.9 Å². The molecule has 0 saturated carbocycles. The quantitative estimate of drug-likeness (QED) is 0.196. The molecule has 0 amide bonds. The van der Waals surface area contributed by atoms with Crippen molar-refractivity contribution in [1.29, 1.82) is 5.26 Å². The molecular formula is C23H21N5O2S. The van der Waals surface area contributed by atoms with Crippen LogP contribution in [-0.2, 0) is 0 Å². The predicted octanol–water partition coefficient (Wildman–Crippen LogP) is 4.83. The number of rotatable bonds is 6. The molecule has 2 aromatic carbocycles. The van der Waals surface area contributed by atoms with Crippen LogP contribution in [0.25, 0.3) is 27.5 Å². The first-order valence-corrected chi connectivity index (χ1v) is 10.9. The Bertz CT molecular complexity index is 1360. The van der Waals surface area contributed by atoms with Gasteiger partial charge in [-0.3, -0.25) is 9.36 Å². The third kappa shape index (κ3) is 3.92. The number of nitrogens with one attached hydrogen (secondary N) is 1. The minimum absolute atomic E-state index is 0.0518. The standard InChI is InChI=1S/C23H21N5O2S/c1-3-14(2)28-22(30)15-8-4-5-9-17(15)27-23(28)31-13-20(29)16(12-24)21-25-18-10-6-7-11-19(18)26-21/h4-11,14,29H,3,13H2,1-2H3,(H,25,26)/b20-16-. The van der Waals surface area contributed by atoms with Crippen LogP contribution in [0.5, 0.6) is 0 Å². The zero-order chi connectivity index (χ0) is 22.0. The highest BCUT2D eigenvalue weighted by molar-refractivity contribution is 7.99. The van der Waals surface area contributed by atoms with Crippen molar-refractivity contribution in [2.24, 2.45) is 0 Å². The average Bonchev–Trinajstić information content (AvgIpc) is 3.21. The molecule has 0 radical (unpaired) electrons. The van der Waals surface area contributed by atoms with Crippen LogP contribution in [0.3, 0.4) is 0 Å². The minimum Gasteiger partial charge on any atom is -0.510 e. The van der Waals surface area contributed by atoms with Crippen LogP contribution in [-0.4, -0.2) is 30.4 Å². The van der Waals surface area contributed by atoms with Gasteiger partial charge in [0, 0.05) is 6.04 Å². The summed E-state index contributed by atoms with van der Waals surface area (Å²) in [7, 11) is 0. The fraction of sp³-hybridized carbons (Fsp3) is 0.217. The maximum Gasteiger partial charge on any atom is 0.262 e. The number of nitrogens with zero attached hydrogens (tertiary/aromatic N) is 4. The summed E-state index contributed by atoms with van der Waals surface area (Å²) in [5.74, 6) is 0.276. The molecule has 1 atom stereocenters. The Morgan fingerprint density at radius 3 is 2.61 bits per heavy atom. The molecule has 7 nitrogen and oxygen atoms in total. The van der Waals surface area contributed by atoms with Crippen LogP contribution in [0, 0.1) is 11.3 Å². The number of allylic oxidation sites excluding steroid dienone is 1. The Morgan fingerprint density at radius 2 is 1.90 bits per heavy atom. The van der Waals surface area contributed by atoms with Crippen molar-refractivity contribution >= 4 is 39.3 Å². The lowest BCUT2D eigenvalue weighted by atomic mass is 10.2. The molecule has 0 saturated heterocycles. The number of para-hydroxylation sites is 3. The summed E-state index contributed by atoms with van der Waals surface area (Å²) in [6.45, 7) is 3.97. The van der Waals surface area contributed by atoms with Gasteiger partial charge in [-0.25, -0.2) is 9.97 Å². The fourth-order valence-electron chi connectivity index (χ4n) is 3.33. The second-order valence-corrected chi connectivity index (χ2v) is 8.11. The Kier molecular flexibility index (Phi) is 5.78. The van der Waals surface area contributed by atoms with E-state index in [1.54, 1.807) is 16.7 Å². The molecule has 4 aromatic rings. The number of aliphatic hydroxyl groups is 1. The van der Waals surface area contributed by atoms with Crippen LogP contribution in [0.2, 0.25) is 0 Å². The van der Waals surface area contributed by atoms with Crippen LogP contribution in [0.15, 0.2) is 64.2 Å². The molecule has 4 rings (SSSR count). The summed E-state index contributed by atoms with van der Waals surface area (Å²) in [5.41, 5.74) is 2.07. The zero-order valence-electron chi connectivity index (χ0n) is 17.2. The van der Waals surface area contributed by atoms with Crippen molar-refractivity contribution in [2.45, 2.75) is 31.5 Å². The van der Waals surface area contributed by atoms with Gasteiger partial charge in [-0.05, 0) is 37.6 Å². The van der Waals surface area contributed by atoms with Crippen molar-refractivity contribution in [3.8, 4) is 6.07 Å². The molecule has 156 valence electrons. The molecule has 0 fully saturated rings. The Hall–Kier alpha value is -3.57. The predicted molar refractivity (Wildman–Crippen MR) is 123 cm³/mol. The Morgan fingerprint density at radius 1 is 1.19 bits per heavy atom. The fourth-order valence-corrected chi connectivity index (χ4v) is 4.30. The molecule has 0 bridgehead atoms. The van der Waals surface area contributed by atoms with E-state index in [-0.39, 0.29) is 28.7 Å². The van der Waals surface area contributed by atoms with Crippen LogP contribution < -0.4 is 5.56 Å². The molecule has 31 heavy (non-hydrogen) atoms. The van der Waals surface area contributed by atoms with E-state index in [9.17, 15) is 15.2 Å². The summed E-state index contributed by atoms with van der Waals surface area (Å²) >= 11 is 1.22. The van der Waals surface area contributed by atoms with Crippen LogP contribution in [0.4, 0.5) is 0 Å². The molecule has 0 spiro atoms. The molecule has 2 aromatic heterocycles. The van der Waals surface area contributed by atoms with E-state index < -0.39 is 0 Å². The number of thioether (sulfide) groups is 1. The molecule has 0 aliphatic rings. The van der Waals surface area contributed by atoms with Crippen molar-refractivity contribution < 1.29 is 5.11 Å². The van der Waals surface area contributed by atoms with E-state index in [4.69, 9.17) is 0 Å². The highest BCUT2D eigenvalue weighted by atomic mass is 32.2. The lowest BCUT2D eigenvalue weighted by Crippen LogP contribution is -2.26. The molecule has 8 heteroatoms. The maximum absolute atomic E-state index is 13.1. The van der Waals surface area contributed by atoms with Gasteiger partial charge in [-0.1, -0.05) is 43.0 Å². The molecule has 2 N–H and O–H groups in total. The lowest BCUT2D eigenvalue weighted by Gasteiger charge is -2.18. The number of nitriles is 1. The summed E-state index contributed by atoms with van der Waals surface area (Å²) in [6, 6.07) is 16.6. The van der Waals surface area contributed by atoms with E-state index in [0.29, 0.717) is 27.4 Å². The topological polar surface area (TPSA) is 108 Å². The molecule has 0 aliphatic carbocycles. The normalized spacial score (nSPS) is 13.2. The summed E-state index contributed by atoms with van der Waals surface area (Å²) in [5, 5.41) is 21.4. The lowest BCUT2D eigenvalue weighted by molar-refractivity contribution is 0.419. The van der Waals surface area contributed by atoms with Gasteiger partial charge in [-0.15, -0.1) is 0 Å². The zero-order valence-corrected chi connectivity index (χ0v) is 18.0. The number of imidazole rings is 1. The highest BCUT2D eigenvalue weighted by Crippen LogP contribution is 2.26. The highest BCUT2D eigenvalue weighted by Gasteiger charge is 2.18. The summed E-state index contributed by atoms with van der Waals surface area (Å²) in [6.07, 6.45) is 0.762. The van der Waals surface area contributed by atoms with Gasteiger partial charge in [0.1, 0.15) is 17.4 Å². The van der Waals surface area contributed by atoms with Gasteiger partial charge < -0.3 is 10.1 Å². The largest absolute Gasteiger partial charge is 0.510 e. The minimum atomic E-state index is -0.121. The first-order chi connectivity index (χ1) is 15.0. The number of hydrogen-bond acceptors (Lipinski definition) is 6. The third-order valence-electron chi connectivity index (χ3n) is 5.17. The van der Waals surface area contributed by atoms with Gasteiger partial charge in [0.15, 0.2) is 11.0 Å². The van der Waals surface area contributed by atoms with Crippen molar-refractivity contribution in [3.63, 3.8) is 0 Å². The van der Waals surface area contributed by atoms with Crippen LogP contribution in [0.1, 0.15) is 32.1 Å². The van der Waals surface area contributed by atoms with E-state index in [1.165, 1.54) is 11.8 Å². The van der Waals surface area contributed by atoms with Gasteiger partial charge in [0.05, 0.1) is 27.7 Å². The van der Waals surface area contributed by atoms with Gasteiger partial charge in [0.25, 0.3) is 5.56 Å². The Labute approximate surface area is 183 Å². The number of hydrogen-bond donors (Lipinski definition) is 2. The monoisotopic (exact) mass is 431 g/mol. The molecule has 2 heterocycles. The second-order valence-electron chi connectivity index (χ2n) is 7.17. The average molecular weight is 432 g/mol. The third-order valence-corrected chi connectivity index (χ3v) is 6.14. The van der Waals surface area contributed by atoms with Crippen molar-refractivity contribution in [1.82, 2.24) is 19.5 Å². The Balaban J connectivity index is 1.72. The van der Waals surface area contributed by atoms with Crippen LogP contribution >= 0.6 is 11.8 Å². The molecular weight excluding hydrogens is 410 g/mol. The van der Waals surface area contributed by atoms with Crippen molar-refractivity contribution in [3.05, 3.63) is 70.5 Å². The van der Waals surface area contributed by atoms with Gasteiger partial charge in [0.2, 0.25) is 0 Å². The summed E-state index contributed by atoms with van der Waals surface area (Å²) in [4.78, 5) is 25.2. The second kappa shape index (κ2) is 8.66. The maximum atomic E-state index is 13.1. The first kappa shape index (κ1) is 20.7. The SMILES string of the molecule is CCC(C)n1c(SC/C(O)=C(\C#N)c2nc3ccccc3[nH]2)nc2ccccc2c1=O. The molecule has 0 aliphatic heterocycles. The smallest absolute Gasteiger partial charge is 0.262 e. The first-order valence-electron chi connectivity index (χ1n) is 9.94. The van der Waals surface area contributed by atoms with Crippen molar-refractivity contribution in [2.75, 3.05) is 5.75 Å².